The number of aryl methyl sites for hydroxylation is 1. The van der Waals surface area contributed by atoms with E-state index >= 15 is 0 Å². The minimum Gasteiger partial charge on any atom is -0.371 e. The van der Waals surface area contributed by atoms with Crippen LogP contribution >= 0.6 is 11.3 Å². The van der Waals surface area contributed by atoms with Crippen molar-refractivity contribution in [3.05, 3.63) is 50.2 Å². The number of piperidine rings is 1. The van der Waals surface area contributed by atoms with Gasteiger partial charge in [-0.15, -0.1) is 11.3 Å². The van der Waals surface area contributed by atoms with E-state index in [1.54, 1.807) is 6.07 Å². The Morgan fingerprint density at radius 1 is 1.25 bits per heavy atom. The molecule has 0 bridgehead atoms. The van der Waals surface area contributed by atoms with Crippen molar-refractivity contribution in [3.8, 4) is 0 Å². The van der Waals surface area contributed by atoms with Crippen LogP contribution in [0.3, 0.4) is 0 Å². The van der Waals surface area contributed by atoms with Crippen molar-refractivity contribution in [2.24, 2.45) is 0 Å². The first-order valence-corrected chi connectivity index (χ1v) is 11.5. The Kier molecular flexibility index (Phi) is 5.71. The second kappa shape index (κ2) is 7.88. The van der Waals surface area contributed by atoms with Crippen molar-refractivity contribution in [2.75, 3.05) is 24.2 Å². The Bertz CT molecular complexity index is 1010. The number of nitro benzene ring substituents is 1. The summed E-state index contributed by atoms with van der Waals surface area (Å²) in [6.07, 6.45) is 2.38. The number of hydrogen-bond donors (Lipinski definition) is 1. The molecule has 1 saturated heterocycles. The van der Waals surface area contributed by atoms with Gasteiger partial charge in [0.2, 0.25) is 0 Å². The monoisotopic (exact) mass is 423 g/mol. The van der Waals surface area contributed by atoms with Crippen LogP contribution in [0.15, 0.2) is 35.2 Å². The number of amides is 1. The van der Waals surface area contributed by atoms with Crippen LogP contribution in [0.25, 0.3) is 0 Å². The lowest BCUT2D eigenvalue weighted by Gasteiger charge is -2.34. The SMILES string of the molecule is Cc1ccc(C(=O)NC2CCN(c3ccc([N+](=O)[O-])c(S(C)(=O)=O)c3)CC2)s1. The predicted molar refractivity (Wildman–Crippen MR) is 108 cm³/mol. The third kappa shape index (κ3) is 4.50. The molecule has 8 nitrogen and oxygen atoms in total. The number of anilines is 1. The summed E-state index contributed by atoms with van der Waals surface area (Å²) in [6, 6.07) is 7.93. The van der Waals surface area contributed by atoms with E-state index in [9.17, 15) is 23.3 Å². The topological polar surface area (TPSA) is 110 Å². The standard InChI is InChI=1S/C18H21N3O5S2/c1-12-3-6-16(27-12)18(22)19-13-7-9-20(10-8-13)14-4-5-15(21(23)24)17(11-14)28(2,25)26/h3-6,11,13H,7-10H2,1-2H3,(H,19,22). The van der Waals surface area contributed by atoms with Crippen LogP contribution < -0.4 is 10.2 Å². The van der Waals surface area contributed by atoms with Gasteiger partial charge in [0, 0.05) is 42.0 Å². The van der Waals surface area contributed by atoms with Crippen molar-refractivity contribution in [1.29, 1.82) is 0 Å². The van der Waals surface area contributed by atoms with E-state index in [2.05, 4.69) is 5.32 Å². The van der Waals surface area contributed by atoms with Gasteiger partial charge in [0.25, 0.3) is 11.6 Å². The summed E-state index contributed by atoms with van der Waals surface area (Å²) in [6.45, 7) is 3.19. The molecule has 0 aliphatic carbocycles. The smallest absolute Gasteiger partial charge is 0.288 e. The van der Waals surface area contributed by atoms with E-state index in [4.69, 9.17) is 0 Å². The first kappa shape index (κ1) is 20.3. The van der Waals surface area contributed by atoms with E-state index in [1.165, 1.54) is 23.5 Å². The second-order valence-corrected chi connectivity index (χ2v) is 10.1. The third-order valence-electron chi connectivity index (χ3n) is 4.70. The first-order valence-electron chi connectivity index (χ1n) is 8.76. The molecule has 0 spiro atoms. The highest BCUT2D eigenvalue weighted by molar-refractivity contribution is 7.90. The van der Waals surface area contributed by atoms with Gasteiger partial charge in [0.15, 0.2) is 9.84 Å². The largest absolute Gasteiger partial charge is 0.371 e. The first-order chi connectivity index (χ1) is 13.1. The number of rotatable bonds is 5. The maximum Gasteiger partial charge on any atom is 0.288 e. The molecule has 1 aliphatic rings. The average molecular weight is 424 g/mol. The van der Waals surface area contributed by atoms with Crippen LogP contribution in [0.2, 0.25) is 0 Å². The molecule has 0 atom stereocenters. The van der Waals surface area contributed by atoms with Crippen molar-refractivity contribution >= 4 is 38.5 Å². The number of nitrogens with one attached hydrogen (secondary N) is 1. The Morgan fingerprint density at radius 2 is 1.93 bits per heavy atom. The van der Waals surface area contributed by atoms with Crippen molar-refractivity contribution in [2.45, 2.75) is 30.7 Å². The quantitative estimate of drug-likeness (QED) is 0.585. The zero-order valence-corrected chi connectivity index (χ0v) is 17.2. The molecule has 28 heavy (non-hydrogen) atoms. The fraction of sp³-hybridized carbons (Fsp3) is 0.389. The van der Waals surface area contributed by atoms with Gasteiger partial charge in [0.05, 0.1) is 9.80 Å². The van der Waals surface area contributed by atoms with Crippen molar-refractivity contribution < 1.29 is 18.1 Å². The maximum absolute atomic E-state index is 12.3. The minimum atomic E-state index is -3.72. The molecular formula is C18H21N3O5S2. The molecule has 1 aromatic carbocycles. The molecule has 3 rings (SSSR count). The number of thiophene rings is 1. The summed E-state index contributed by atoms with van der Waals surface area (Å²) in [5.74, 6) is -0.0775. The zero-order chi connectivity index (χ0) is 20.5. The average Bonchev–Trinajstić information content (AvgIpc) is 3.07. The fourth-order valence-corrected chi connectivity index (χ4v) is 4.87. The molecular weight excluding hydrogens is 402 g/mol. The van der Waals surface area contributed by atoms with Crippen LogP contribution in [0.4, 0.5) is 11.4 Å². The molecule has 10 heteroatoms. The minimum absolute atomic E-state index is 0.0404. The number of carbonyl (C=O) groups excluding carboxylic acids is 1. The summed E-state index contributed by atoms with van der Waals surface area (Å²) in [5, 5.41) is 14.1. The highest BCUT2D eigenvalue weighted by Crippen LogP contribution is 2.30. The highest BCUT2D eigenvalue weighted by atomic mass is 32.2. The molecule has 0 radical (unpaired) electrons. The summed E-state index contributed by atoms with van der Waals surface area (Å²) in [5.41, 5.74) is 0.212. The highest BCUT2D eigenvalue weighted by Gasteiger charge is 2.26. The number of sulfone groups is 1. The number of nitro groups is 1. The summed E-state index contributed by atoms with van der Waals surface area (Å²) < 4.78 is 23.9. The molecule has 1 aromatic heterocycles. The molecule has 1 aliphatic heterocycles. The van der Waals surface area contributed by atoms with Crippen LogP contribution in [0.1, 0.15) is 27.4 Å². The number of benzene rings is 1. The zero-order valence-electron chi connectivity index (χ0n) is 15.5. The van der Waals surface area contributed by atoms with Gasteiger partial charge in [-0.1, -0.05) is 0 Å². The van der Waals surface area contributed by atoms with Crippen LogP contribution in [0, 0.1) is 17.0 Å². The fourth-order valence-electron chi connectivity index (χ4n) is 3.24. The number of hydrogen-bond acceptors (Lipinski definition) is 7. The molecule has 0 unspecified atom stereocenters. The van der Waals surface area contributed by atoms with Gasteiger partial charge < -0.3 is 10.2 Å². The van der Waals surface area contributed by atoms with Crippen LogP contribution in [-0.2, 0) is 9.84 Å². The van der Waals surface area contributed by atoms with Crippen molar-refractivity contribution in [1.82, 2.24) is 5.32 Å². The lowest BCUT2D eigenvalue weighted by Crippen LogP contribution is -2.44. The number of nitrogens with zero attached hydrogens (tertiary/aromatic N) is 2. The summed E-state index contributed by atoms with van der Waals surface area (Å²) in [4.78, 5) is 26.2. The number of carbonyl (C=O) groups is 1. The third-order valence-corrected chi connectivity index (χ3v) is 6.82. The summed E-state index contributed by atoms with van der Waals surface area (Å²) >= 11 is 1.45. The molecule has 1 amide bonds. The Labute approximate surface area is 167 Å². The summed E-state index contributed by atoms with van der Waals surface area (Å²) in [7, 11) is -3.72. The van der Waals surface area contributed by atoms with Crippen molar-refractivity contribution in [3.63, 3.8) is 0 Å². The lowest BCUT2D eigenvalue weighted by atomic mass is 10.0. The van der Waals surface area contributed by atoms with E-state index in [0.29, 0.717) is 36.5 Å². The van der Waals surface area contributed by atoms with Gasteiger partial charge in [-0.05, 0) is 44.0 Å². The molecule has 150 valence electrons. The van der Waals surface area contributed by atoms with E-state index in [-0.39, 0.29) is 16.8 Å². The molecule has 2 aromatic rings. The lowest BCUT2D eigenvalue weighted by molar-refractivity contribution is -0.387. The van der Waals surface area contributed by atoms with Gasteiger partial charge in [0.1, 0.15) is 4.90 Å². The van der Waals surface area contributed by atoms with Gasteiger partial charge in [-0.25, -0.2) is 8.42 Å². The molecule has 1 N–H and O–H groups in total. The normalized spacial score (nSPS) is 15.4. The Morgan fingerprint density at radius 3 is 2.46 bits per heavy atom. The second-order valence-electron chi connectivity index (χ2n) is 6.83. The van der Waals surface area contributed by atoms with E-state index < -0.39 is 20.4 Å². The van der Waals surface area contributed by atoms with Gasteiger partial charge >= 0.3 is 0 Å². The molecule has 2 heterocycles. The van der Waals surface area contributed by atoms with E-state index in [1.807, 2.05) is 24.0 Å². The Balaban J connectivity index is 1.68. The maximum atomic E-state index is 12.3. The molecule has 0 saturated carbocycles. The van der Waals surface area contributed by atoms with Crippen LogP contribution in [0.5, 0.6) is 0 Å². The van der Waals surface area contributed by atoms with Crippen LogP contribution in [-0.4, -0.2) is 44.6 Å². The van der Waals surface area contributed by atoms with E-state index in [0.717, 1.165) is 11.1 Å². The van der Waals surface area contributed by atoms with Gasteiger partial charge in [-0.2, -0.15) is 0 Å². The predicted octanol–water partition coefficient (Wildman–Crippen LogP) is 2.77. The molecule has 1 fully saturated rings. The Hall–Kier alpha value is -2.46. The van der Waals surface area contributed by atoms with Gasteiger partial charge in [-0.3, -0.25) is 14.9 Å².